The van der Waals surface area contributed by atoms with Gasteiger partial charge < -0.3 is 20.0 Å². The van der Waals surface area contributed by atoms with Crippen LogP contribution < -0.4 is 11.0 Å². The fraction of sp³-hybridized carbons (Fsp3) is 0.368. The van der Waals surface area contributed by atoms with E-state index in [4.69, 9.17) is 8.92 Å². The van der Waals surface area contributed by atoms with E-state index in [1.807, 2.05) is 0 Å². The van der Waals surface area contributed by atoms with Crippen LogP contribution in [0.1, 0.15) is 29.9 Å². The maximum Gasteiger partial charge on any atom is 0.351 e. The predicted molar refractivity (Wildman–Crippen MR) is 109 cm³/mol. The second kappa shape index (κ2) is 10.1. The number of benzene rings is 1. The molecule has 11 nitrogen and oxygen atoms in total. The van der Waals surface area contributed by atoms with Gasteiger partial charge in [0.2, 0.25) is 0 Å². The lowest BCUT2D eigenvalue weighted by Crippen LogP contribution is -2.46. The Hall–Kier alpha value is -2.61. The number of carbonyl (C=O) groups is 2. The molecule has 1 aliphatic rings. The number of hydrogen-bond acceptors (Lipinski definition) is 10. The van der Waals surface area contributed by atoms with E-state index < -0.39 is 35.6 Å². The summed E-state index contributed by atoms with van der Waals surface area (Å²) in [6, 6.07) is 9.84. The van der Waals surface area contributed by atoms with Crippen molar-refractivity contribution < 1.29 is 32.8 Å². The lowest BCUT2D eigenvalue weighted by molar-refractivity contribution is -0.171. The number of aliphatic hydroxyl groups is 1. The van der Waals surface area contributed by atoms with E-state index in [9.17, 15) is 19.5 Å². The minimum Gasteiger partial charge on any atom is -0.383 e. The molecular formula is C19H21N3O8S. The van der Waals surface area contributed by atoms with Crippen molar-refractivity contribution in [1.82, 2.24) is 9.55 Å². The molecule has 3 rings (SSSR count). The van der Waals surface area contributed by atoms with Gasteiger partial charge >= 0.3 is 5.69 Å². The van der Waals surface area contributed by atoms with Crippen LogP contribution in [0.3, 0.4) is 0 Å². The van der Waals surface area contributed by atoms with Crippen LogP contribution in [0.5, 0.6) is 0 Å². The molecule has 0 saturated carbocycles. The standard InChI is InChI=1S/C19H21N3O8S/c1-19(26)15(29-31-30-27-2)13(9-11-23)28-17(19)22-10-8-14(21-18(22)25)20-16(24)12-6-4-3-5-7-12/h3-8,10-11,13,15,17,26H,9H2,1-2H3,(H,20,21,24,25)/t13-,15?,17-,19-/m1/s1. The summed E-state index contributed by atoms with van der Waals surface area (Å²) >= 11 is 0.462. The number of carbonyl (C=O) groups excluding carboxylic acids is 2. The Balaban J connectivity index is 1.80. The predicted octanol–water partition coefficient (Wildman–Crippen LogP) is 1.26. The minimum atomic E-state index is -1.72. The summed E-state index contributed by atoms with van der Waals surface area (Å²) in [4.78, 5) is 44.2. The number of nitrogens with one attached hydrogen (secondary N) is 1. The van der Waals surface area contributed by atoms with Gasteiger partial charge in [0.25, 0.3) is 5.91 Å². The Morgan fingerprint density at radius 2 is 2.13 bits per heavy atom. The zero-order valence-electron chi connectivity index (χ0n) is 16.7. The summed E-state index contributed by atoms with van der Waals surface area (Å²) in [6.45, 7) is 1.40. The monoisotopic (exact) mass is 451 g/mol. The van der Waals surface area contributed by atoms with Crippen molar-refractivity contribution in [3.05, 3.63) is 58.6 Å². The molecule has 1 aliphatic heterocycles. The molecule has 0 spiro atoms. The highest BCUT2D eigenvalue weighted by Gasteiger charge is 2.55. The van der Waals surface area contributed by atoms with Crippen molar-refractivity contribution in [2.24, 2.45) is 0 Å². The third-order valence-electron chi connectivity index (χ3n) is 4.64. The number of rotatable bonds is 9. The lowest BCUT2D eigenvalue weighted by atomic mass is 9.95. The first kappa shape index (κ1) is 23.1. The third-order valence-corrected chi connectivity index (χ3v) is 5.12. The molecule has 2 heterocycles. The number of aldehydes is 1. The number of anilines is 1. The molecule has 31 heavy (non-hydrogen) atoms. The quantitative estimate of drug-likeness (QED) is 0.188. The first-order chi connectivity index (χ1) is 14.9. The van der Waals surface area contributed by atoms with Crippen LogP contribution >= 0.6 is 12.3 Å². The highest BCUT2D eigenvalue weighted by molar-refractivity contribution is 7.89. The Morgan fingerprint density at radius 1 is 1.39 bits per heavy atom. The van der Waals surface area contributed by atoms with E-state index >= 15 is 0 Å². The van der Waals surface area contributed by atoms with E-state index in [2.05, 4.69) is 19.5 Å². The number of hydrogen-bond donors (Lipinski definition) is 2. The van der Waals surface area contributed by atoms with Gasteiger partial charge in [0, 0.05) is 18.2 Å². The van der Waals surface area contributed by atoms with Gasteiger partial charge in [0.1, 0.15) is 23.8 Å². The van der Waals surface area contributed by atoms with E-state index in [0.29, 0.717) is 24.2 Å². The molecule has 1 fully saturated rings. The molecule has 1 aromatic carbocycles. The van der Waals surface area contributed by atoms with Gasteiger partial charge in [-0.15, -0.1) is 4.33 Å². The van der Waals surface area contributed by atoms with Crippen molar-refractivity contribution >= 4 is 30.3 Å². The van der Waals surface area contributed by atoms with Crippen LogP contribution in [0.15, 0.2) is 47.4 Å². The number of ether oxygens (including phenoxy) is 1. The number of aromatic nitrogens is 2. The highest BCUT2D eigenvalue weighted by atomic mass is 32.2. The van der Waals surface area contributed by atoms with E-state index in [0.717, 1.165) is 4.57 Å². The van der Waals surface area contributed by atoms with Crippen molar-refractivity contribution in [3.63, 3.8) is 0 Å². The van der Waals surface area contributed by atoms with Crippen LogP contribution in [-0.4, -0.2) is 51.8 Å². The summed E-state index contributed by atoms with van der Waals surface area (Å²) in [7, 11) is 1.27. The summed E-state index contributed by atoms with van der Waals surface area (Å²) in [5.74, 6) is -0.391. The maximum atomic E-state index is 12.6. The van der Waals surface area contributed by atoms with Crippen LogP contribution in [0, 0.1) is 0 Å². The second-order valence-corrected chi connectivity index (χ2v) is 7.26. The zero-order chi connectivity index (χ0) is 22.4. The highest BCUT2D eigenvalue weighted by Crippen LogP contribution is 2.41. The molecule has 1 amide bonds. The number of nitrogens with zero attached hydrogens (tertiary/aromatic N) is 2. The third kappa shape index (κ3) is 5.18. The summed E-state index contributed by atoms with van der Waals surface area (Å²) in [5, 5.41) is 13.6. The van der Waals surface area contributed by atoms with E-state index in [1.54, 1.807) is 30.3 Å². The van der Waals surface area contributed by atoms with Gasteiger partial charge in [0.05, 0.1) is 13.2 Å². The SMILES string of the molecule is COOSOC1[C@@H](CC=O)O[C@@H](n2ccc(NC(=O)c3ccccc3)nc2=O)[C@]1(C)O. The average Bonchev–Trinajstić information content (AvgIpc) is 2.99. The molecule has 0 radical (unpaired) electrons. The Kier molecular flexibility index (Phi) is 7.54. The van der Waals surface area contributed by atoms with Crippen LogP contribution in [0.25, 0.3) is 0 Å². The van der Waals surface area contributed by atoms with Crippen molar-refractivity contribution in [1.29, 1.82) is 0 Å². The van der Waals surface area contributed by atoms with E-state index in [-0.39, 0.29) is 12.2 Å². The minimum absolute atomic E-state index is 0.0361. The molecule has 1 unspecified atom stereocenters. The normalized spacial score (nSPS) is 25.3. The van der Waals surface area contributed by atoms with Crippen LogP contribution in [-0.2, 0) is 22.9 Å². The Bertz CT molecular complexity index is 968. The van der Waals surface area contributed by atoms with Crippen molar-refractivity contribution in [2.45, 2.75) is 37.4 Å². The van der Waals surface area contributed by atoms with Gasteiger partial charge in [-0.2, -0.15) is 4.98 Å². The van der Waals surface area contributed by atoms with Gasteiger partial charge in [-0.1, -0.05) is 18.2 Å². The van der Waals surface area contributed by atoms with Gasteiger partial charge in [-0.05, 0) is 25.1 Å². The zero-order valence-corrected chi connectivity index (χ0v) is 17.5. The van der Waals surface area contributed by atoms with Crippen LogP contribution in [0.2, 0.25) is 0 Å². The molecule has 12 heteroatoms. The molecule has 0 aliphatic carbocycles. The summed E-state index contributed by atoms with van der Waals surface area (Å²) in [6.07, 6.45) is -1.22. The first-order valence-corrected chi connectivity index (χ1v) is 9.85. The molecule has 166 valence electrons. The topological polar surface area (TPSA) is 138 Å². The second-order valence-electron chi connectivity index (χ2n) is 6.80. The maximum absolute atomic E-state index is 12.6. The fourth-order valence-corrected chi connectivity index (χ4v) is 3.69. The van der Waals surface area contributed by atoms with E-state index in [1.165, 1.54) is 26.3 Å². The number of amides is 1. The van der Waals surface area contributed by atoms with Crippen LogP contribution in [0.4, 0.5) is 5.82 Å². The van der Waals surface area contributed by atoms with Gasteiger partial charge in [-0.25, -0.2) is 9.68 Å². The lowest BCUT2D eigenvalue weighted by Gasteiger charge is -2.29. The summed E-state index contributed by atoms with van der Waals surface area (Å²) in [5.41, 5.74) is -2.09. The smallest absolute Gasteiger partial charge is 0.351 e. The largest absolute Gasteiger partial charge is 0.383 e. The average molecular weight is 451 g/mol. The molecule has 4 atom stereocenters. The molecular weight excluding hydrogens is 430 g/mol. The van der Waals surface area contributed by atoms with Gasteiger partial charge in [-0.3, -0.25) is 13.5 Å². The molecule has 0 bridgehead atoms. The molecule has 2 aromatic rings. The van der Waals surface area contributed by atoms with Gasteiger partial charge in [0.15, 0.2) is 18.6 Å². The fourth-order valence-electron chi connectivity index (χ4n) is 3.20. The Morgan fingerprint density at radius 3 is 2.77 bits per heavy atom. The molecule has 2 N–H and O–H groups in total. The molecule has 1 saturated heterocycles. The van der Waals surface area contributed by atoms with Crippen molar-refractivity contribution in [3.8, 4) is 0 Å². The first-order valence-electron chi connectivity index (χ1n) is 9.18. The molecule has 1 aromatic heterocycles. The Labute approximate surface area is 181 Å². The summed E-state index contributed by atoms with van der Waals surface area (Å²) < 4.78 is 16.8. The van der Waals surface area contributed by atoms with Crippen molar-refractivity contribution in [2.75, 3.05) is 12.4 Å².